The predicted molar refractivity (Wildman–Crippen MR) is 211 cm³/mol. The van der Waals surface area contributed by atoms with Crippen molar-refractivity contribution in [2.75, 3.05) is 72.7 Å². The van der Waals surface area contributed by atoms with Crippen molar-refractivity contribution < 1.29 is 27.7 Å². The van der Waals surface area contributed by atoms with Gasteiger partial charge in [0, 0.05) is 84.0 Å². The molecule has 0 aromatic carbocycles. The SMILES string of the molecule is CCCCCCC1C=C(CCCCCCCC(=O)N(CCNCCNC)CCNC(=O)NCCC[Si](OCC)(OCC)OCC)CC(C(C)=O)C1. The normalized spacial score (nSPS) is 16.2. The van der Waals surface area contributed by atoms with E-state index >= 15 is 0 Å². The maximum atomic E-state index is 13.2. The number of ketones is 1. The third kappa shape index (κ3) is 22.8. The molecule has 11 nitrogen and oxygen atoms in total. The number of amides is 3. The topological polar surface area (TPSA) is 130 Å². The summed E-state index contributed by atoms with van der Waals surface area (Å²) in [5, 5.41) is 12.3. The first kappa shape index (κ1) is 47.2. The molecule has 2 atom stereocenters. The highest BCUT2D eigenvalue weighted by Crippen LogP contribution is 2.34. The molecule has 51 heavy (non-hydrogen) atoms. The molecule has 0 radical (unpaired) electrons. The molecule has 0 saturated heterocycles. The number of hydrogen-bond acceptors (Lipinski definition) is 8. The van der Waals surface area contributed by atoms with E-state index in [0.717, 1.165) is 64.5 Å². The monoisotopic (exact) mass is 740 g/mol. The molecule has 1 rings (SSSR count). The second-order valence-corrected chi connectivity index (χ2v) is 16.7. The molecule has 0 aromatic heterocycles. The quantitative estimate of drug-likeness (QED) is 0.0337. The lowest BCUT2D eigenvalue weighted by Crippen LogP contribution is -2.47. The summed E-state index contributed by atoms with van der Waals surface area (Å²) in [6.07, 6.45) is 18.5. The Balaban J connectivity index is 2.43. The van der Waals surface area contributed by atoms with Gasteiger partial charge < -0.3 is 39.4 Å². The zero-order valence-corrected chi connectivity index (χ0v) is 34.5. The Bertz CT molecular complexity index is 938. The van der Waals surface area contributed by atoms with Crippen LogP contribution in [0.1, 0.15) is 131 Å². The molecule has 0 bridgehead atoms. The number of nitrogens with zero attached hydrogens (tertiary/aromatic N) is 1. The van der Waals surface area contributed by atoms with E-state index in [2.05, 4.69) is 34.3 Å². The van der Waals surface area contributed by atoms with Gasteiger partial charge in [-0.05, 0) is 85.6 Å². The van der Waals surface area contributed by atoms with Gasteiger partial charge in [-0.1, -0.05) is 63.5 Å². The molecule has 0 heterocycles. The van der Waals surface area contributed by atoms with Crippen molar-refractivity contribution in [3.8, 4) is 0 Å². The van der Waals surface area contributed by atoms with Crippen molar-refractivity contribution in [3.63, 3.8) is 0 Å². The Kier molecular flexibility index (Phi) is 28.3. The highest BCUT2D eigenvalue weighted by atomic mass is 28.4. The average molecular weight is 740 g/mol. The number of rotatable bonds is 33. The van der Waals surface area contributed by atoms with Crippen molar-refractivity contribution in [1.82, 2.24) is 26.2 Å². The molecule has 0 aromatic rings. The summed E-state index contributed by atoms with van der Waals surface area (Å²) < 4.78 is 17.7. The van der Waals surface area contributed by atoms with Crippen molar-refractivity contribution in [2.45, 2.75) is 137 Å². The number of Topliss-reactive ketones (excluding diaryl/α,β-unsaturated/α-hetero) is 1. The van der Waals surface area contributed by atoms with E-state index in [9.17, 15) is 14.4 Å². The minimum absolute atomic E-state index is 0.143. The van der Waals surface area contributed by atoms with E-state index in [1.165, 1.54) is 37.7 Å². The minimum atomic E-state index is -2.72. The third-order valence-corrected chi connectivity index (χ3v) is 12.8. The summed E-state index contributed by atoms with van der Waals surface area (Å²) in [7, 11) is -0.800. The van der Waals surface area contributed by atoms with E-state index in [4.69, 9.17) is 13.3 Å². The third-order valence-electron chi connectivity index (χ3n) is 9.63. The van der Waals surface area contributed by atoms with E-state index in [0.29, 0.717) is 83.1 Å². The van der Waals surface area contributed by atoms with Gasteiger partial charge >= 0.3 is 14.8 Å². The number of likely N-dealkylation sites (N-methyl/N-ethyl adjacent to an activating group) is 1. The van der Waals surface area contributed by atoms with E-state index < -0.39 is 8.80 Å². The number of carbonyl (C=O) groups is 3. The van der Waals surface area contributed by atoms with Gasteiger partial charge in [0.2, 0.25) is 5.91 Å². The van der Waals surface area contributed by atoms with Crippen LogP contribution >= 0.6 is 0 Å². The van der Waals surface area contributed by atoms with Crippen LogP contribution in [0.25, 0.3) is 0 Å². The molecule has 12 heteroatoms. The Morgan fingerprint density at radius 3 is 2.10 bits per heavy atom. The van der Waals surface area contributed by atoms with Gasteiger partial charge in [-0.3, -0.25) is 9.59 Å². The summed E-state index contributed by atoms with van der Waals surface area (Å²) in [5.41, 5.74) is 1.49. The Morgan fingerprint density at radius 2 is 1.43 bits per heavy atom. The number of allylic oxidation sites excluding steroid dienone is 2. The van der Waals surface area contributed by atoms with Crippen LogP contribution in [0.15, 0.2) is 11.6 Å². The Hall–Kier alpha value is -1.83. The van der Waals surface area contributed by atoms with Crippen LogP contribution in [0.5, 0.6) is 0 Å². The fourth-order valence-electron chi connectivity index (χ4n) is 6.87. The van der Waals surface area contributed by atoms with Crippen LogP contribution in [0.2, 0.25) is 6.04 Å². The van der Waals surface area contributed by atoms with Crippen LogP contribution in [-0.4, -0.2) is 104 Å². The fourth-order valence-corrected chi connectivity index (χ4v) is 9.48. The molecule has 298 valence electrons. The highest BCUT2D eigenvalue weighted by molar-refractivity contribution is 6.60. The van der Waals surface area contributed by atoms with E-state index in [-0.39, 0.29) is 17.9 Å². The molecule has 0 aliphatic heterocycles. The van der Waals surface area contributed by atoms with E-state index in [1.807, 2.05) is 32.7 Å². The van der Waals surface area contributed by atoms with Gasteiger partial charge in [-0.15, -0.1) is 0 Å². The molecule has 1 aliphatic rings. The van der Waals surface area contributed by atoms with Crippen LogP contribution in [0.3, 0.4) is 0 Å². The largest absolute Gasteiger partial charge is 0.500 e. The number of hydrogen-bond donors (Lipinski definition) is 4. The summed E-state index contributed by atoms with van der Waals surface area (Å²) in [4.78, 5) is 39.8. The van der Waals surface area contributed by atoms with Gasteiger partial charge in [0.15, 0.2) is 0 Å². The van der Waals surface area contributed by atoms with Crippen LogP contribution in [-0.2, 0) is 22.9 Å². The fraction of sp³-hybridized carbons (Fsp3) is 0.872. The number of nitrogens with one attached hydrogen (secondary N) is 4. The first-order valence-electron chi connectivity index (χ1n) is 20.5. The number of urea groups is 1. The number of carbonyl (C=O) groups excluding carboxylic acids is 3. The summed E-state index contributed by atoms with van der Waals surface area (Å²) in [5.74, 6) is 1.27. The molecule has 0 fully saturated rings. The van der Waals surface area contributed by atoms with Crippen molar-refractivity contribution >= 4 is 26.5 Å². The Labute approximate surface area is 312 Å². The number of unbranched alkanes of at least 4 members (excludes halogenated alkanes) is 7. The smallest absolute Gasteiger partial charge is 0.374 e. The second kappa shape index (κ2) is 30.6. The van der Waals surface area contributed by atoms with E-state index in [1.54, 1.807) is 6.92 Å². The average Bonchev–Trinajstić information content (AvgIpc) is 3.11. The van der Waals surface area contributed by atoms with Crippen molar-refractivity contribution in [3.05, 3.63) is 11.6 Å². The summed E-state index contributed by atoms with van der Waals surface area (Å²) >= 11 is 0. The Morgan fingerprint density at radius 1 is 0.784 bits per heavy atom. The van der Waals surface area contributed by atoms with Gasteiger partial charge in [0.1, 0.15) is 5.78 Å². The minimum Gasteiger partial charge on any atom is -0.374 e. The second-order valence-electron chi connectivity index (χ2n) is 14.0. The molecule has 2 unspecified atom stereocenters. The lowest BCUT2D eigenvalue weighted by molar-refractivity contribution is -0.131. The zero-order chi connectivity index (χ0) is 37.6. The summed E-state index contributed by atoms with van der Waals surface area (Å²) in [6.45, 7) is 15.8. The van der Waals surface area contributed by atoms with Gasteiger partial charge in [-0.25, -0.2) is 4.79 Å². The van der Waals surface area contributed by atoms with Crippen LogP contribution in [0, 0.1) is 11.8 Å². The standard InChI is InChI=1S/C39H77N5O6Si/c1-7-11-12-16-20-35-31-36(33-37(32-35)34(5)45)21-17-14-13-15-18-22-38(46)44(28-26-41-25-24-40-6)29-27-43-39(47)42-23-19-30-51(48-8-2,49-9-3)50-10-4/h31,35,37,40-41H,7-30,32-33H2,1-6H3,(H2,42,43,47). The maximum Gasteiger partial charge on any atom is 0.500 e. The maximum absolute atomic E-state index is 13.2. The molecule has 0 saturated carbocycles. The van der Waals surface area contributed by atoms with Crippen molar-refractivity contribution in [2.24, 2.45) is 11.8 Å². The zero-order valence-electron chi connectivity index (χ0n) is 33.5. The molecule has 0 spiro atoms. The predicted octanol–water partition coefficient (Wildman–Crippen LogP) is 6.60. The highest BCUT2D eigenvalue weighted by Gasteiger charge is 2.39. The lowest BCUT2D eigenvalue weighted by Gasteiger charge is -2.28. The first-order valence-corrected chi connectivity index (χ1v) is 22.4. The molecule has 4 N–H and O–H groups in total. The van der Waals surface area contributed by atoms with Crippen LogP contribution < -0.4 is 21.3 Å². The molecule has 3 amide bonds. The molecular weight excluding hydrogens is 663 g/mol. The molecular formula is C39H77N5O6Si. The van der Waals surface area contributed by atoms with Gasteiger partial charge in [0.05, 0.1) is 0 Å². The summed E-state index contributed by atoms with van der Waals surface area (Å²) in [6, 6.07) is 0.402. The first-order chi connectivity index (χ1) is 24.7. The van der Waals surface area contributed by atoms with Gasteiger partial charge in [-0.2, -0.15) is 0 Å². The lowest BCUT2D eigenvalue weighted by atomic mass is 9.77. The van der Waals surface area contributed by atoms with Crippen molar-refractivity contribution in [1.29, 1.82) is 0 Å². The molecule has 1 aliphatic carbocycles. The van der Waals surface area contributed by atoms with Crippen LogP contribution in [0.4, 0.5) is 4.79 Å². The van der Waals surface area contributed by atoms with Gasteiger partial charge in [0.25, 0.3) is 0 Å².